The first-order chi connectivity index (χ1) is 10.5. The maximum Gasteiger partial charge on any atom is 0.299 e. The number of rotatable bonds is 10. The van der Waals surface area contributed by atoms with Crippen molar-refractivity contribution in [1.82, 2.24) is 0 Å². The molecule has 0 amide bonds. The van der Waals surface area contributed by atoms with Crippen molar-refractivity contribution in [3.05, 3.63) is 32.4 Å². The van der Waals surface area contributed by atoms with Gasteiger partial charge in [-0.25, -0.2) is 0 Å². The van der Waals surface area contributed by atoms with Gasteiger partial charge in [0, 0.05) is 26.3 Å². The summed E-state index contributed by atoms with van der Waals surface area (Å²) in [7, 11) is 0. The normalized spacial score (nSPS) is 10.3. The lowest BCUT2D eigenvalue weighted by Crippen LogP contribution is -2.10. The summed E-state index contributed by atoms with van der Waals surface area (Å²) in [5.74, 6) is 0. The van der Waals surface area contributed by atoms with Crippen LogP contribution in [0.15, 0.2) is 12.1 Å². The molecule has 4 N–H and O–H groups in total. The molecule has 10 heteroatoms. The number of nitrogens with one attached hydrogen (secondary N) is 2. The second-order valence-electron chi connectivity index (χ2n) is 4.41. The van der Waals surface area contributed by atoms with Crippen LogP contribution in [0.5, 0.6) is 0 Å². The lowest BCUT2D eigenvalue weighted by Gasteiger charge is -2.11. The molecule has 1 aromatic rings. The Hall–Kier alpha value is -2.46. The molecule has 0 unspecified atom stereocenters. The van der Waals surface area contributed by atoms with Crippen LogP contribution < -0.4 is 10.6 Å². The maximum absolute atomic E-state index is 11.0. The first-order valence-corrected chi connectivity index (χ1v) is 6.67. The zero-order valence-corrected chi connectivity index (χ0v) is 11.8. The Labute approximate surface area is 126 Å². The molecule has 0 aliphatic heterocycles. The van der Waals surface area contributed by atoms with Crippen LogP contribution in [-0.2, 0) is 0 Å². The van der Waals surface area contributed by atoms with Crippen molar-refractivity contribution in [3.63, 3.8) is 0 Å². The molecule has 122 valence electrons. The van der Waals surface area contributed by atoms with E-state index >= 15 is 0 Å². The molecule has 22 heavy (non-hydrogen) atoms. The highest BCUT2D eigenvalue weighted by Crippen LogP contribution is 2.36. The summed E-state index contributed by atoms with van der Waals surface area (Å²) in [5, 5.41) is 45.1. The summed E-state index contributed by atoms with van der Waals surface area (Å²) in [4.78, 5) is 20.7. The number of aliphatic hydroxyl groups is 2. The van der Waals surface area contributed by atoms with Crippen LogP contribution in [0.4, 0.5) is 22.7 Å². The Kier molecular flexibility index (Phi) is 6.99. The fourth-order valence-electron chi connectivity index (χ4n) is 1.77. The third kappa shape index (κ3) is 4.82. The monoisotopic (exact) mass is 314 g/mol. The quantitative estimate of drug-likeness (QED) is 0.284. The number of anilines is 2. The van der Waals surface area contributed by atoms with E-state index in [9.17, 15) is 20.2 Å². The van der Waals surface area contributed by atoms with E-state index < -0.39 is 21.2 Å². The lowest BCUT2D eigenvalue weighted by atomic mass is 10.2. The zero-order chi connectivity index (χ0) is 16.5. The molecule has 1 aromatic carbocycles. The van der Waals surface area contributed by atoms with E-state index in [0.717, 1.165) is 6.07 Å². The van der Waals surface area contributed by atoms with E-state index in [4.69, 9.17) is 10.2 Å². The van der Waals surface area contributed by atoms with Crippen molar-refractivity contribution in [3.8, 4) is 0 Å². The Morgan fingerprint density at radius 1 is 0.864 bits per heavy atom. The minimum absolute atomic E-state index is 0.0740. The van der Waals surface area contributed by atoms with E-state index in [2.05, 4.69) is 10.6 Å². The average Bonchev–Trinajstić information content (AvgIpc) is 2.47. The Morgan fingerprint density at radius 2 is 1.27 bits per heavy atom. The lowest BCUT2D eigenvalue weighted by molar-refractivity contribution is -0.393. The summed E-state index contributed by atoms with van der Waals surface area (Å²) < 4.78 is 0. The largest absolute Gasteiger partial charge is 0.396 e. The number of benzene rings is 1. The predicted octanol–water partition coefficient (Wildman–Crippen LogP) is 1.09. The van der Waals surface area contributed by atoms with Gasteiger partial charge in [-0.2, -0.15) is 0 Å². The van der Waals surface area contributed by atoms with Gasteiger partial charge >= 0.3 is 0 Å². The van der Waals surface area contributed by atoms with Gasteiger partial charge in [0.05, 0.1) is 15.9 Å². The third-order valence-electron chi connectivity index (χ3n) is 2.81. The molecule has 0 aromatic heterocycles. The molecule has 0 fully saturated rings. The highest BCUT2D eigenvalue weighted by molar-refractivity contribution is 5.76. The molecule has 10 nitrogen and oxygen atoms in total. The summed E-state index contributed by atoms with van der Waals surface area (Å²) in [6.45, 7) is 0.446. The topological polar surface area (TPSA) is 151 Å². The minimum Gasteiger partial charge on any atom is -0.396 e. The number of hydrogen-bond acceptors (Lipinski definition) is 8. The summed E-state index contributed by atoms with van der Waals surface area (Å²) in [6.07, 6.45) is 0.781. The van der Waals surface area contributed by atoms with Crippen LogP contribution in [-0.4, -0.2) is 46.4 Å². The zero-order valence-electron chi connectivity index (χ0n) is 11.8. The van der Waals surface area contributed by atoms with E-state index in [0.29, 0.717) is 25.9 Å². The highest BCUT2D eigenvalue weighted by Gasteiger charge is 2.24. The molecule has 0 aliphatic rings. The Morgan fingerprint density at radius 3 is 1.59 bits per heavy atom. The van der Waals surface area contributed by atoms with E-state index in [1.54, 1.807) is 0 Å². The van der Waals surface area contributed by atoms with Crippen LogP contribution in [0.3, 0.4) is 0 Å². The second kappa shape index (κ2) is 8.74. The Bertz CT molecular complexity index is 493. The van der Waals surface area contributed by atoms with Crippen molar-refractivity contribution in [2.24, 2.45) is 0 Å². The van der Waals surface area contributed by atoms with Gasteiger partial charge < -0.3 is 20.8 Å². The van der Waals surface area contributed by atoms with E-state index in [1.807, 2.05) is 0 Å². The first-order valence-electron chi connectivity index (χ1n) is 6.67. The van der Waals surface area contributed by atoms with Crippen LogP contribution >= 0.6 is 0 Å². The van der Waals surface area contributed by atoms with Crippen LogP contribution in [0.25, 0.3) is 0 Å². The molecule has 0 atom stereocenters. The molecule has 0 spiro atoms. The molecule has 0 saturated carbocycles. The molecule has 0 bridgehead atoms. The average molecular weight is 314 g/mol. The van der Waals surface area contributed by atoms with Gasteiger partial charge in [-0.3, -0.25) is 20.2 Å². The van der Waals surface area contributed by atoms with Gasteiger partial charge in [-0.1, -0.05) is 0 Å². The number of nitrogens with zero attached hydrogens (tertiary/aromatic N) is 2. The van der Waals surface area contributed by atoms with Gasteiger partial charge in [-0.15, -0.1) is 0 Å². The van der Waals surface area contributed by atoms with Gasteiger partial charge in [-0.05, 0) is 18.9 Å². The highest BCUT2D eigenvalue weighted by atomic mass is 16.6. The van der Waals surface area contributed by atoms with Gasteiger partial charge in [0.2, 0.25) is 0 Å². The second-order valence-corrected chi connectivity index (χ2v) is 4.41. The summed E-state index contributed by atoms with van der Waals surface area (Å²) >= 11 is 0. The van der Waals surface area contributed by atoms with E-state index in [1.165, 1.54) is 6.07 Å². The number of hydrogen-bond donors (Lipinski definition) is 4. The Balaban J connectivity index is 3.13. The number of aliphatic hydroxyl groups excluding tert-OH is 2. The van der Waals surface area contributed by atoms with Gasteiger partial charge in [0.25, 0.3) is 11.4 Å². The summed E-state index contributed by atoms with van der Waals surface area (Å²) in [6, 6.07) is 2.19. The number of nitro groups is 2. The molecular formula is C12H18N4O6. The van der Waals surface area contributed by atoms with Crippen molar-refractivity contribution >= 4 is 22.7 Å². The molecular weight excluding hydrogens is 296 g/mol. The van der Waals surface area contributed by atoms with Crippen molar-refractivity contribution in [2.75, 3.05) is 36.9 Å². The van der Waals surface area contributed by atoms with Gasteiger partial charge in [0.1, 0.15) is 11.4 Å². The van der Waals surface area contributed by atoms with Crippen LogP contribution in [0.2, 0.25) is 0 Å². The predicted molar refractivity (Wildman–Crippen MR) is 80.1 cm³/mol. The first kappa shape index (κ1) is 17.6. The van der Waals surface area contributed by atoms with Crippen molar-refractivity contribution < 1.29 is 20.1 Å². The molecule has 0 heterocycles. The SMILES string of the molecule is O=[N+]([O-])c1cc([N+](=O)[O-])c(NCCCO)cc1NCCCO. The molecule has 0 saturated heterocycles. The van der Waals surface area contributed by atoms with Crippen LogP contribution in [0.1, 0.15) is 12.8 Å². The maximum atomic E-state index is 11.0. The van der Waals surface area contributed by atoms with E-state index in [-0.39, 0.29) is 24.6 Å². The van der Waals surface area contributed by atoms with Gasteiger partial charge in [0.15, 0.2) is 0 Å². The number of nitro benzene ring substituents is 2. The van der Waals surface area contributed by atoms with Crippen molar-refractivity contribution in [1.29, 1.82) is 0 Å². The molecule has 0 aliphatic carbocycles. The fourth-order valence-corrected chi connectivity index (χ4v) is 1.77. The summed E-state index contributed by atoms with van der Waals surface area (Å²) in [5.41, 5.74) is -0.541. The minimum atomic E-state index is -0.703. The standard InChI is InChI=1S/C12H18N4O6/c17-5-1-3-13-9-7-10(14-4-2-6-18)12(16(21)22)8-11(9)15(19)20/h7-8,13-14,17-18H,1-6H2. The van der Waals surface area contributed by atoms with Crippen LogP contribution in [0, 0.1) is 20.2 Å². The third-order valence-corrected chi connectivity index (χ3v) is 2.81. The smallest absolute Gasteiger partial charge is 0.299 e. The fraction of sp³-hybridized carbons (Fsp3) is 0.500. The molecule has 1 rings (SSSR count). The molecule has 0 radical (unpaired) electrons. The van der Waals surface area contributed by atoms with Crippen molar-refractivity contribution in [2.45, 2.75) is 12.8 Å².